The van der Waals surface area contributed by atoms with E-state index >= 15 is 0 Å². The molecule has 8 rings (SSSR count). The molecule has 17 nitrogen and oxygen atoms in total. The number of likely N-dealkylation sites (N-methyl/N-ethyl adjacent to an activating group) is 2. The highest BCUT2D eigenvalue weighted by atomic mass is 35.5. The number of nitrogens with two attached hydrogens (primary N) is 3. The average molecular weight is 945 g/mol. The second kappa shape index (κ2) is 21.8. The van der Waals surface area contributed by atoms with Gasteiger partial charge in [-0.25, -0.2) is 47.0 Å². The van der Waals surface area contributed by atoms with Gasteiger partial charge in [-0.1, -0.05) is 41.9 Å². The molecule has 344 valence electrons. The third-order valence-electron chi connectivity index (χ3n) is 10.8. The van der Waals surface area contributed by atoms with Crippen LogP contribution in [0.25, 0.3) is 22.5 Å². The van der Waals surface area contributed by atoms with Crippen LogP contribution in [0.2, 0.25) is 5.15 Å². The second-order valence-electron chi connectivity index (χ2n) is 15.4. The van der Waals surface area contributed by atoms with E-state index in [4.69, 9.17) is 37.1 Å². The van der Waals surface area contributed by atoms with Crippen LogP contribution in [0.1, 0.15) is 11.3 Å². The second-order valence-corrected chi connectivity index (χ2v) is 18.8. The molecular formula is C45H54ClN11O6S2. The Hall–Kier alpha value is -5.93. The van der Waals surface area contributed by atoms with Gasteiger partial charge in [-0.3, -0.25) is 0 Å². The number of para-hydroxylation sites is 2. The quantitative estimate of drug-likeness (QED) is 0.126. The molecule has 0 radical (unpaired) electrons. The first kappa shape index (κ1) is 48.5. The van der Waals surface area contributed by atoms with E-state index in [0.29, 0.717) is 28.6 Å². The van der Waals surface area contributed by atoms with Gasteiger partial charge in [-0.15, -0.1) is 0 Å². The molecule has 2 aliphatic rings. The summed E-state index contributed by atoms with van der Waals surface area (Å²) in [5, 5.41) is 11.2. The lowest BCUT2D eigenvalue weighted by atomic mass is 10.1. The van der Waals surface area contributed by atoms with Crippen molar-refractivity contribution in [3.8, 4) is 34.0 Å². The number of hydrogen-bond acceptors (Lipinski definition) is 15. The molecule has 0 atom stereocenters. The highest BCUT2D eigenvalue weighted by molar-refractivity contribution is 7.89. The molecular weight excluding hydrogens is 890 g/mol. The van der Waals surface area contributed by atoms with Crippen LogP contribution in [-0.4, -0.2) is 127 Å². The molecule has 2 aromatic heterocycles. The van der Waals surface area contributed by atoms with Crippen LogP contribution in [0.4, 0.5) is 17.1 Å². The Morgan fingerprint density at radius 3 is 1.54 bits per heavy atom. The number of anilines is 3. The van der Waals surface area contributed by atoms with Gasteiger partial charge >= 0.3 is 0 Å². The Labute approximate surface area is 385 Å². The maximum Gasteiger partial charge on any atom is 0.240 e. The van der Waals surface area contributed by atoms with E-state index in [1.807, 2.05) is 78.7 Å². The number of piperazine rings is 2. The molecule has 0 spiro atoms. The van der Waals surface area contributed by atoms with Gasteiger partial charge in [0.1, 0.15) is 39.1 Å². The summed E-state index contributed by atoms with van der Waals surface area (Å²) in [6.45, 7) is 6.62. The van der Waals surface area contributed by atoms with E-state index in [0.717, 1.165) is 97.6 Å². The van der Waals surface area contributed by atoms with Gasteiger partial charge in [0.15, 0.2) is 0 Å². The molecule has 2 fully saturated rings. The van der Waals surface area contributed by atoms with E-state index in [-0.39, 0.29) is 9.79 Å². The summed E-state index contributed by atoms with van der Waals surface area (Å²) in [6, 6.07) is 29.2. The molecule has 0 saturated carbocycles. The minimum absolute atomic E-state index is 0.104. The van der Waals surface area contributed by atoms with Crippen LogP contribution >= 0.6 is 11.6 Å². The molecule has 0 amide bonds. The standard InChI is InChI=1S/C23H27N5O3S.C11H9ClN2O.C11H18N4O2S/c1-27-9-11-28(12-10-27)21-8-7-17(14-23(21)32(24,29)30)13-18-15-20(26-16-25-18)19-5-3-4-6-22(19)31-2;1-15-10-5-3-2-4-8(10)9-6-11(12)14-7-13-9;1-14-4-6-15(7-5-14)10-3-2-9(12)8-11(10)18(13,16)17/h3-8,14-16H,9-13H2,1-2H3,(H2,24,29,30);2-7H,1H3;2-3,8H,4-7,12H2,1H3,(H2,13,16,17). The average Bonchev–Trinajstić information content (AvgIpc) is 3.29. The smallest absolute Gasteiger partial charge is 0.240 e. The normalized spacial score (nSPS) is 14.7. The lowest BCUT2D eigenvalue weighted by Crippen LogP contribution is -2.45. The minimum atomic E-state index is -3.88. The molecule has 0 aliphatic carbocycles. The largest absolute Gasteiger partial charge is 0.496 e. The number of nitrogens with zero attached hydrogens (tertiary/aromatic N) is 8. The first-order valence-electron chi connectivity index (χ1n) is 20.5. The number of methoxy groups -OCH3 is 2. The number of primary sulfonamides is 2. The topological polar surface area (TPSA) is 229 Å². The predicted octanol–water partition coefficient (Wildman–Crippen LogP) is 4.62. The van der Waals surface area contributed by atoms with Gasteiger partial charge in [0.05, 0.1) is 37.0 Å². The van der Waals surface area contributed by atoms with E-state index in [2.05, 4.69) is 41.7 Å². The van der Waals surface area contributed by atoms with Crippen molar-refractivity contribution in [1.29, 1.82) is 0 Å². The zero-order valence-electron chi connectivity index (χ0n) is 36.7. The maximum atomic E-state index is 12.4. The Balaban J connectivity index is 0.000000178. The fourth-order valence-corrected chi connectivity index (χ4v) is 9.06. The van der Waals surface area contributed by atoms with Crippen LogP contribution in [-0.2, 0) is 26.5 Å². The summed E-state index contributed by atoms with van der Waals surface area (Å²) in [7, 11) is -0.281. The number of sulfonamides is 2. The first-order valence-corrected chi connectivity index (χ1v) is 24.0. The van der Waals surface area contributed by atoms with Crippen molar-refractivity contribution >= 4 is 48.7 Å². The molecule has 0 bridgehead atoms. The van der Waals surface area contributed by atoms with Gasteiger partial charge in [0.2, 0.25) is 20.0 Å². The molecule has 0 unspecified atom stereocenters. The predicted molar refractivity (Wildman–Crippen MR) is 255 cm³/mol. The Bertz CT molecular complexity index is 2790. The van der Waals surface area contributed by atoms with Crippen molar-refractivity contribution in [2.24, 2.45) is 10.3 Å². The zero-order valence-corrected chi connectivity index (χ0v) is 39.1. The van der Waals surface area contributed by atoms with Gasteiger partial charge in [0.25, 0.3) is 0 Å². The van der Waals surface area contributed by atoms with Crippen LogP contribution < -0.4 is 35.3 Å². The monoisotopic (exact) mass is 943 g/mol. The minimum Gasteiger partial charge on any atom is -0.496 e. The van der Waals surface area contributed by atoms with Gasteiger partial charge < -0.3 is 34.8 Å². The number of aromatic nitrogens is 4. The third kappa shape index (κ3) is 13.1. The van der Waals surface area contributed by atoms with E-state index in [1.165, 1.54) is 18.7 Å². The van der Waals surface area contributed by atoms with Crippen molar-refractivity contribution in [2.75, 3.05) is 96.2 Å². The molecule has 6 aromatic rings. The van der Waals surface area contributed by atoms with Crippen LogP contribution in [0.5, 0.6) is 11.5 Å². The molecule has 2 aliphatic heterocycles. The van der Waals surface area contributed by atoms with Gasteiger partial charge in [0, 0.05) is 87.4 Å². The highest BCUT2D eigenvalue weighted by Crippen LogP contribution is 2.32. The third-order valence-corrected chi connectivity index (χ3v) is 12.9. The van der Waals surface area contributed by atoms with Crippen LogP contribution in [0.15, 0.2) is 120 Å². The van der Waals surface area contributed by atoms with E-state index in [9.17, 15) is 16.8 Å². The Morgan fingerprint density at radius 1 is 0.585 bits per heavy atom. The van der Waals surface area contributed by atoms with Crippen molar-refractivity contribution in [3.63, 3.8) is 0 Å². The zero-order chi connectivity index (χ0) is 46.7. The van der Waals surface area contributed by atoms with E-state index in [1.54, 1.807) is 38.5 Å². The van der Waals surface area contributed by atoms with E-state index < -0.39 is 20.0 Å². The lowest BCUT2D eigenvalue weighted by Gasteiger charge is -2.35. The van der Waals surface area contributed by atoms with Crippen molar-refractivity contribution < 1.29 is 26.3 Å². The summed E-state index contributed by atoms with van der Waals surface area (Å²) >= 11 is 5.80. The molecule has 20 heteroatoms. The van der Waals surface area contributed by atoms with Crippen molar-refractivity contribution in [3.05, 3.63) is 126 Å². The maximum absolute atomic E-state index is 12.4. The molecule has 65 heavy (non-hydrogen) atoms. The number of halogens is 1. The number of hydrogen-bond donors (Lipinski definition) is 3. The number of rotatable bonds is 10. The molecule has 6 N–H and O–H groups in total. The summed E-state index contributed by atoms with van der Waals surface area (Å²) in [4.78, 5) is 25.5. The fourth-order valence-electron chi connectivity index (χ4n) is 7.32. The lowest BCUT2D eigenvalue weighted by molar-refractivity contribution is 0.312. The summed E-state index contributed by atoms with van der Waals surface area (Å²) in [5.41, 5.74) is 12.2. The molecule has 4 heterocycles. The highest BCUT2D eigenvalue weighted by Gasteiger charge is 2.24. The number of ether oxygens (including phenoxy) is 2. The van der Waals surface area contributed by atoms with Crippen molar-refractivity contribution in [1.82, 2.24) is 29.7 Å². The van der Waals surface area contributed by atoms with Gasteiger partial charge in [-0.2, -0.15) is 0 Å². The molecule has 2 saturated heterocycles. The van der Waals surface area contributed by atoms with Gasteiger partial charge in [-0.05, 0) is 80.3 Å². The van der Waals surface area contributed by atoms with Crippen LogP contribution in [0, 0.1) is 0 Å². The van der Waals surface area contributed by atoms with Crippen LogP contribution in [0.3, 0.4) is 0 Å². The first-order chi connectivity index (χ1) is 31.0. The van der Waals surface area contributed by atoms with Crippen molar-refractivity contribution in [2.45, 2.75) is 16.2 Å². The number of benzene rings is 4. The molecule has 4 aromatic carbocycles. The SMILES string of the molecule is CN1CCN(c2ccc(N)cc2S(N)(=O)=O)CC1.COc1ccccc1-c1cc(Cc2ccc(N3CCN(C)CC3)c(S(N)(=O)=O)c2)ncn1.COc1ccccc1-c1cc(Cl)ncn1. The summed E-state index contributed by atoms with van der Waals surface area (Å²) < 4.78 is 58.6. The Morgan fingerprint density at radius 2 is 1.05 bits per heavy atom. The fraction of sp³-hybridized carbons (Fsp3) is 0.289. The summed E-state index contributed by atoms with van der Waals surface area (Å²) in [5.74, 6) is 1.50. The number of nitrogen functional groups attached to an aromatic ring is 1. The Kier molecular flexibility index (Phi) is 16.3. The summed E-state index contributed by atoms with van der Waals surface area (Å²) in [6.07, 6.45) is 3.40.